The molecule has 1 fully saturated rings. The lowest BCUT2D eigenvalue weighted by Gasteiger charge is -2.35. The summed E-state index contributed by atoms with van der Waals surface area (Å²) in [6.07, 6.45) is -1.98. The summed E-state index contributed by atoms with van der Waals surface area (Å²) >= 11 is 0. The maximum absolute atomic E-state index is 9.89. The van der Waals surface area contributed by atoms with E-state index in [1.165, 1.54) is 0 Å². The molecule has 0 spiro atoms. The van der Waals surface area contributed by atoms with Crippen LogP contribution in [-0.4, -0.2) is 144 Å². The Labute approximate surface area is 155 Å². The first-order valence-electron chi connectivity index (χ1n) is 9.28. The second-order valence-corrected chi connectivity index (χ2v) is 6.57. The van der Waals surface area contributed by atoms with Crippen LogP contribution in [0.2, 0.25) is 0 Å². The van der Waals surface area contributed by atoms with Crippen LogP contribution in [-0.2, 0) is 0 Å². The van der Waals surface area contributed by atoms with E-state index in [1.807, 2.05) is 9.80 Å². The molecule has 0 aromatic carbocycles. The zero-order valence-electron chi connectivity index (χ0n) is 15.4. The zero-order chi connectivity index (χ0) is 19.4. The van der Waals surface area contributed by atoms with Crippen molar-refractivity contribution in [3.05, 3.63) is 0 Å². The number of aliphatic hydroxyl groups excluding tert-OH is 6. The highest BCUT2D eigenvalue weighted by atomic mass is 16.3. The van der Waals surface area contributed by atoms with E-state index in [1.54, 1.807) is 0 Å². The lowest BCUT2D eigenvalue weighted by Crippen LogP contribution is -2.54. The van der Waals surface area contributed by atoms with Crippen LogP contribution in [0, 0.1) is 0 Å². The van der Waals surface area contributed by atoms with Crippen LogP contribution in [0.1, 0.15) is 0 Å². The smallest absolute Gasteiger partial charge is 0.0947 e. The molecule has 1 saturated heterocycles. The third kappa shape index (κ3) is 7.69. The molecule has 0 aliphatic carbocycles. The highest BCUT2D eigenvalue weighted by molar-refractivity contribution is 4.82. The van der Waals surface area contributed by atoms with Crippen molar-refractivity contribution < 1.29 is 30.6 Å². The van der Waals surface area contributed by atoms with Gasteiger partial charge in [0.15, 0.2) is 0 Å². The third-order valence-electron chi connectivity index (χ3n) is 4.88. The van der Waals surface area contributed by atoms with Crippen molar-refractivity contribution in [3.8, 4) is 0 Å². The molecule has 0 aromatic rings. The van der Waals surface area contributed by atoms with Crippen molar-refractivity contribution in [3.63, 3.8) is 0 Å². The first-order valence-corrected chi connectivity index (χ1v) is 9.28. The molecule has 8 N–H and O–H groups in total. The van der Waals surface area contributed by atoms with E-state index in [-0.39, 0.29) is 13.2 Å². The molecule has 4 atom stereocenters. The molecule has 10 nitrogen and oxygen atoms in total. The van der Waals surface area contributed by atoms with Crippen LogP contribution in [0.5, 0.6) is 0 Å². The van der Waals surface area contributed by atoms with Crippen LogP contribution < -0.4 is 10.6 Å². The molecular weight excluding hydrogens is 344 g/mol. The standard InChI is InChI=1S/C16H36N4O6/c21-9-13(15(25)11-23)19-5-1-17-2-6-20(8-4-18-3-7-19)14(10-22)16(26)12-24/h13-18,21-26H,1-12H2/t13-,14?,15-,16+/m1/s1. The van der Waals surface area contributed by atoms with Crippen LogP contribution in [0.25, 0.3) is 0 Å². The van der Waals surface area contributed by atoms with E-state index >= 15 is 0 Å². The summed E-state index contributed by atoms with van der Waals surface area (Å²) in [5, 5.41) is 63.7. The van der Waals surface area contributed by atoms with Crippen LogP contribution in [0.3, 0.4) is 0 Å². The van der Waals surface area contributed by atoms with E-state index in [4.69, 9.17) is 10.2 Å². The topological polar surface area (TPSA) is 152 Å². The highest BCUT2D eigenvalue weighted by Gasteiger charge is 2.26. The summed E-state index contributed by atoms with van der Waals surface area (Å²) in [5.41, 5.74) is 0. The fourth-order valence-corrected chi connectivity index (χ4v) is 3.23. The number of nitrogens with zero attached hydrogens (tertiary/aromatic N) is 2. The molecule has 0 amide bonds. The van der Waals surface area contributed by atoms with Gasteiger partial charge >= 0.3 is 0 Å². The first-order chi connectivity index (χ1) is 12.6. The van der Waals surface area contributed by atoms with Gasteiger partial charge in [0.1, 0.15) is 0 Å². The molecule has 156 valence electrons. The van der Waals surface area contributed by atoms with Gasteiger partial charge < -0.3 is 41.3 Å². The minimum atomic E-state index is -0.992. The van der Waals surface area contributed by atoms with Crippen molar-refractivity contribution in [1.82, 2.24) is 20.4 Å². The number of aliphatic hydroxyl groups is 6. The number of hydrogen-bond donors (Lipinski definition) is 8. The SMILES string of the molecule is OCC([C@@H](O)CO)N1CCNCCN([C@H](CO)[C@H](O)CO)CCNCC1. The van der Waals surface area contributed by atoms with Crippen LogP contribution in [0.4, 0.5) is 0 Å². The molecule has 0 bridgehead atoms. The quantitative estimate of drug-likeness (QED) is 0.206. The number of hydrogen-bond acceptors (Lipinski definition) is 10. The molecule has 1 unspecified atom stereocenters. The Balaban J connectivity index is 2.61. The Bertz CT molecular complexity index is 311. The Hall–Kier alpha value is -0.400. The summed E-state index contributed by atoms with van der Waals surface area (Å²) in [6.45, 7) is 3.70. The van der Waals surface area contributed by atoms with Gasteiger partial charge in [-0.1, -0.05) is 0 Å². The van der Waals surface area contributed by atoms with E-state index in [0.717, 1.165) is 0 Å². The summed E-state index contributed by atoms with van der Waals surface area (Å²) in [5.74, 6) is 0. The van der Waals surface area contributed by atoms with Crippen LogP contribution >= 0.6 is 0 Å². The minimum absolute atomic E-state index is 0.229. The Morgan fingerprint density at radius 1 is 0.577 bits per heavy atom. The fourth-order valence-electron chi connectivity index (χ4n) is 3.23. The molecule has 0 saturated carbocycles. The van der Waals surface area contributed by atoms with Crippen molar-refractivity contribution in [2.75, 3.05) is 78.8 Å². The summed E-state index contributed by atoms with van der Waals surface area (Å²) < 4.78 is 0. The van der Waals surface area contributed by atoms with Crippen molar-refractivity contribution >= 4 is 0 Å². The van der Waals surface area contributed by atoms with Gasteiger partial charge in [0.2, 0.25) is 0 Å². The third-order valence-corrected chi connectivity index (χ3v) is 4.88. The maximum atomic E-state index is 9.89. The minimum Gasteiger partial charge on any atom is -0.395 e. The van der Waals surface area contributed by atoms with E-state index in [9.17, 15) is 20.4 Å². The summed E-state index contributed by atoms with van der Waals surface area (Å²) in [7, 11) is 0. The predicted molar refractivity (Wildman–Crippen MR) is 96.8 cm³/mol. The zero-order valence-corrected chi connectivity index (χ0v) is 15.4. The normalized spacial score (nSPS) is 24.2. The first kappa shape index (κ1) is 23.6. The molecule has 10 heteroatoms. The van der Waals surface area contributed by atoms with Gasteiger partial charge in [-0.3, -0.25) is 9.80 Å². The van der Waals surface area contributed by atoms with Gasteiger partial charge in [-0.15, -0.1) is 0 Å². The molecule has 1 heterocycles. The number of nitrogens with one attached hydrogen (secondary N) is 2. The summed E-state index contributed by atoms with van der Waals surface area (Å²) in [6, 6.07) is -1.02. The molecule has 1 aliphatic rings. The molecule has 0 radical (unpaired) electrons. The fraction of sp³-hybridized carbons (Fsp3) is 1.00. The van der Waals surface area contributed by atoms with Crippen molar-refractivity contribution in [2.24, 2.45) is 0 Å². The van der Waals surface area contributed by atoms with E-state index in [0.29, 0.717) is 52.4 Å². The Morgan fingerprint density at radius 3 is 1.12 bits per heavy atom. The average molecular weight is 380 g/mol. The van der Waals surface area contributed by atoms with Crippen molar-refractivity contribution in [1.29, 1.82) is 0 Å². The molecule has 26 heavy (non-hydrogen) atoms. The lowest BCUT2D eigenvalue weighted by atomic mass is 10.1. The van der Waals surface area contributed by atoms with Gasteiger partial charge in [0, 0.05) is 52.4 Å². The van der Waals surface area contributed by atoms with Crippen molar-refractivity contribution in [2.45, 2.75) is 24.3 Å². The molecule has 0 aromatic heterocycles. The summed E-state index contributed by atoms with van der Waals surface area (Å²) in [4.78, 5) is 3.90. The molecule has 1 aliphatic heterocycles. The average Bonchev–Trinajstić information content (AvgIpc) is 2.65. The molecule has 1 rings (SSSR count). The second-order valence-electron chi connectivity index (χ2n) is 6.57. The Morgan fingerprint density at radius 2 is 0.885 bits per heavy atom. The predicted octanol–water partition coefficient (Wildman–Crippen LogP) is -4.79. The van der Waals surface area contributed by atoms with E-state index < -0.39 is 37.5 Å². The van der Waals surface area contributed by atoms with Gasteiger partial charge in [-0.25, -0.2) is 0 Å². The second kappa shape index (κ2) is 13.7. The van der Waals surface area contributed by atoms with Crippen LogP contribution in [0.15, 0.2) is 0 Å². The highest BCUT2D eigenvalue weighted by Crippen LogP contribution is 2.06. The van der Waals surface area contributed by atoms with Gasteiger partial charge in [0.05, 0.1) is 50.7 Å². The van der Waals surface area contributed by atoms with Gasteiger partial charge in [-0.2, -0.15) is 0 Å². The molecular formula is C16H36N4O6. The number of rotatable bonds is 8. The lowest BCUT2D eigenvalue weighted by molar-refractivity contribution is -0.0168. The largest absolute Gasteiger partial charge is 0.395 e. The maximum Gasteiger partial charge on any atom is 0.0947 e. The monoisotopic (exact) mass is 380 g/mol. The van der Waals surface area contributed by atoms with E-state index in [2.05, 4.69) is 10.6 Å². The van der Waals surface area contributed by atoms with Gasteiger partial charge in [-0.05, 0) is 0 Å². The Kier molecular flexibility index (Phi) is 12.5. The van der Waals surface area contributed by atoms with Gasteiger partial charge in [0.25, 0.3) is 0 Å².